The average Bonchev–Trinajstić information content (AvgIpc) is 3.58. The van der Waals surface area contributed by atoms with Crippen LogP contribution in [0.5, 0.6) is 0 Å². The Morgan fingerprint density at radius 1 is 1.18 bits per heavy atom. The molecule has 6 nitrogen and oxygen atoms in total. The monoisotopic (exact) mass is 465 g/mol. The minimum absolute atomic E-state index is 0.00821. The number of carbonyl (C=O) groups excluding carboxylic acids is 1. The summed E-state index contributed by atoms with van der Waals surface area (Å²) in [5, 5.41) is 11.8. The second-order valence-electron chi connectivity index (χ2n) is 8.27. The van der Waals surface area contributed by atoms with Crippen molar-refractivity contribution in [2.45, 2.75) is 18.9 Å². The van der Waals surface area contributed by atoms with Gasteiger partial charge in [-0.1, -0.05) is 30.3 Å². The molecule has 0 saturated heterocycles. The lowest BCUT2D eigenvalue weighted by Crippen LogP contribution is -2.48. The van der Waals surface area contributed by atoms with Gasteiger partial charge in [-0.2, -0.15) is 5.26 Å². The van der Waals surface area contributed by atoms with Gasteiger partial charge in [0, 0.05) is 43.5 Å². The molecule has 1 aliphatic heterocycles. The van der Waals surface area contributed by atoms with Crippen LogP contribution in [0.15, 0.2) is 77.9 Å². The molecule has 1 atom stereocenters. The third-order valence-corrected chi connectivity index (χ3v) is 6.88. The highest BCUT2D eigenvalue weighted by molar-refractivity contribution is 7.07. The van der Waals surface area contributed by atoms with Gasteiger partial charge in [0.15, 0.2) is 0 Å². The highest BCUT2D eigenvalue weighted by Crippen LogP contribution is 2.36. The molecule has 5 rings (SSSR count). The fourth-order valence-corrected chi connectivity index (χ4v) is 5.07. The Balaban J connectivity index is 1.54. The number of hydrogen-bond acceptors (Lipinski definition) is 6. The fourth-order valence-electron chi connectivity index (χ4n) is 4.49. The second-order valence-corrected chi connectivity index (χ2v) is 8.99. The number of benzene rings is 2. The van der Waals surface area contributed by atoms with Gasteiger partial charge in [0.1, 0.15) is 11.9 Å². The van der Waals surface area contributed by atoms with E-state index in [-0.39, 0.29) is 5.91 Å². The van der Waals surface area contributed by atoms with Gasteiger partial charge in [0.25, 0.3) is 0 Å². The van der Waals surface area contributed by atoms with Gasteiger partial charge in [-0.15, -0.1) is 11.3 Å². The quantitative estimate of drug-likeness (QED) is 0.412. The molecule has 0 spiro atoms. The van der Waals surface area contributed by atoms with E-state index in [1.54, 1.807) is 17.9 Å². The van der Waals surface area contributed by atoms with Crippen LogP contribution in [0.1, 0.15) is 16.7 Å². The van der Waals surface area contributed by atoms with E-state index in [0.29, 0.717) is 24.9 Å². The number of carbonyl (C=O) groups is 1. The van der Waals surface area contributed by atoms with Crippen LogP contribution < -0.4 is 9.80 Å². The van der Waals surface area contributed by atoms with E-state index in [0.717, 1.165) is 33.8 Å². The lowest BCUT2D eigenvalue weighted by atomic mass is 9.98. The fraction of sp³-hybridized carbons (Fsp3) is 0.185. The van der Waals surface area contributed by atoms with Crippen molar-refractivity contribution in [1.29, 1.82) is 5.26 Å². The Kier molecular flexibility index (Phi) is 6.07. The summed E-state index contributed by atoms with van der Waals surface area (Å²) in [4.78, 5) is 26.4. The van der Waals surface area contributed by atoms with Crippen LogP contribution in [-0.2, 0) is 17.6 Å². The summed E-state index contributed by atoms with van der Waals surface area (Å²) >= 11 is 1.51. The maximum atomic E-state index is 14.1. The van der Waals surface area contributed by atoms with Crippen molar-refractivity contribution in [2.24, 2.45) is 0 Å². The third kappa shape index (κ3) is 4.16. The molecule has 168 valence electrons. The van der Waals surface area contributed by atoms with E-state index in [4.69, 9.17) is 0 Å². The smallest absolute Gasteiger partial charge is 0.250 e. The van der Waals surface area contributed by atoms with Crippen LogP contribution >= 0.6 is 11.3 Å². The molecule has 0 N–H and O–H groups in total. The van der Waals surface area contributed by atoms with Gasteiger partial charge >= 0.3 is 0 Å². The molecular formula is C27H23N5OS. The number of hydrogen-bond donors (Lipinski definition) is 0. The highest BCUT2D eigenvalue weighted by Gasteiger charge is 2.34. The summed E-state index contributed by atoms with van der Waals surface area (Å²) in [7, 11) is 1.92. The lowest BCUT2D eigenvalue weighted by Gasteiger charge is -2.31. The molecule has 0 saturated carbocycles. The van der Waals surface area contributed by atoms with Crippen molar-refractivity contribution >= 4 is 28.7 Å². The molecule has 0 radical (unpaired) electrons. The molecule has 2 aromatic carbocycles. The minimum Gasteiger partial charge on any atom is -0.347 e. The zero-order valence-electron chi connectivity index (χ0n) is 18.8. The topological polar surface area (TPSA) is 73.1 Å². The van der Waals surface area contributed by atoms with E-state index in [1.807, 2.05) is 76.8 Å². The number of nitriles is 1. The molecule has 3 heterocycles. The van der Waals surface area contributed by atoms with E-state index in [9.17, 15) is 10.1 Å². The number of likely N-dealkylation sites (N-methyl/N-ethyl adjacent to an activating group) is 1. The molecule has 34 heavy (non-hydrogen) atoms. The first-order valence-corrected chi connectivity index (χ1v) is 12.0. The number of nitrogens with zero attached hydrogens (tertiary/aromatic N) is 5. The van der Waals surface area contributed by atoms with Crippen molar-refractivity contribution < 1.29 is 4.79 Å². The molecule has 1 aliphatic rings. The van der Waals surface area contributed by atoms with E-state index in [2.05, 4.69) is 16.0 Å². The lowest BCUT2D eigenvalue weighted by molar-refractivity contribution is -0.119. The number of pyridine rings is 1. The van der Waals surface area contributed by atoms with Gasteiger partial charge in [-0.3, -0.25) is 9.78 Å². The maximum absolute atomic E-state index is 14.1. The second kappa shape index (κ2) is 9.46. The zero-order valence-corrected chi connectivity index (χ0v) is 19.6. The van der Waals surface area contributed by atoms with Crippen LogP contribution in [-0.4, -0.2) is 35.5 Å². The van der Waals surface area contributed by atoms with E-state index >= 15 is 0 Å². The molecule has 0 fully saturated rings. The Hall–Kier alpha value is -4.02. The zero-order chi connectivity index (χ0) is 23.5. The predicted octanol–water partition coefficient (Wildman–Crippen LogP) is 4.71. The van der Waals surface area contributed by atoms with Gasteiger partial charge in [0.2, 0.25) is 5.91 Å². The largest absolute Gasteiger partial charge is 0.347 e. The van der Waals surface area contributed by atoms with Gasteiger partial charge in [-0.05, 0) is 52.9 Å². The molecule has 0 bridgehead atoms. The van der Waals surface area contributed by atoms with E-state index in [1.165, 1.54) is 11.3 Å². The molecule has 7 heteroatoms. The van der Waals surface area contributed by atoms with Gasteiger partial charge < -0.3 is 9.80 Å². The average molecular weight is 466 g/mol. The first kappa shape index (κ1) is 21.8. The summed E-state index contributed by atoms with van der Waals surface area (Å²) in [5.74, 6) is 0.788. The molecule has 0 unspecified atom stereocenters. The maximum Gasteiger partial charge on any atom is 0.250 e. The summed E-state index contributed by atoms with van der Waals surface area (Å²) in [6.45, 7) is 0.554. The third-order valence-electron chi connectivity index (χ3n) is 6.31. The van der Waals surface area contributed by atoms with Crippen LogP contribution in [0.4, 0.5) is 11.5 Å². The Labute approximate surface area is 202 Å². The molecule has 2 aromatic heterocycles. The molecule has 0 aliphatic carbocycles. The van der Waals surface area contributed by atoms with Gasteiger partial charge in [0.05, 0.1) is 17.1 Å². The van der Waals surface area contributed by atoms with E-state index < -0.39 is 6.04 Å². The van der Waals surface area contributed by atoms with Crippen molar-refractivity contribution in [3.63, 3.8) is 0 Å². The highest BCUT2D eigenvalue weighted by atomic mass is 32.1. The first-order valence-electron chi connectivity index (χ1n) is 11.1. The first-order chi connectivity index (χ1) is 16.7. The van der Waals surface area contributed by atoms with Crippen LogP contribution in [0.3, 0.4) is 0 Å². The molecular weight excluding hydrogens is 442 g/mol. The standard InChI is InChI=1S/C27H23N5OS/c1-31(26-17-34-18-30-26)25(13-19-5-3-2-4-6-19)27(33)32-12-9-23-22(16-28)14-21(15-24(23)32)20-7-10-29-11-8-20/h2-8,10-11,14-15,17-18,25H,9,12-13H2,1H3/t25-/m0/s1. The van der Waals surface area contributed by atoms with Crippen molar-refractivity contribution in [3.8, 4) is 17.2 Å². The van der Waals surface area contributed by atoms with Crippen molar-refractivity contribution in [2.75, 3.05) is 23.4 Å². The SMILES string of the molecule is CN(c1cscn1)[C@@H](Cc1ccccc1)C(=O)N1CCc2c(C#N)cc(-c3ccncc3)cc21. The number of amides is 1. The van der Waals surface area contributed by atoms with Crippen LogP contribution in [0.25, 0.3) is 11.1 Å². The van der Waals surface area contributed by atoms with Gasteiger partial charge in [-0.25, -0.2) is 4.98 Å². The molecule has 1 amide bonds. The number of anilines is 2. The van der Waals surface area contributed by atoms with Crippen molar-refractivity contribution in [3.05, 3.63) is 94.6 Å². The summed E-state index contributed by atoms with van der Waals surface area (Å²) in [6, 6.07) is 19.7. The Morgan fingerprint density at radius 2 is 1.97 bits per heavy atom. The minimum atomic E-state index is -0.425. The van der Waals surface area contributed by atoms with Crippen LogP contribution in [0.2, 0.25) is 0 Å². The normalized spacial score (nSPS) is 13.2. The summed E-state index contributed by atoms with van der Waals surface area (Å²) in [5.41, 5.74) is 7.11. The van der Waals surface area contributed by atoms with Crippen LogP contribution in [0, 0.1) is 11.3 Å². The Bertz CT molecular complexity index is 1330. The number of fused-ring (bicyclic) bond motifs is 1. The predicted molar refractivity (Wildman–Crippen MR) is 135 cm³/mol. The number of rotatable bonds is 6. The number of thiazole rings is 1. The molecule has 4 aromatic rings. The van der Waals surface area contributed by atoms with Crippen molar-refractivity contribution in [1.82, 2.24) is 9.97 Å². The summed E-state index contributed by atoms with van der Waals surface area (Å²) in [6.07, 6.45) is 4.69. The number of aromatic nitrogens is 2. The Morgan fingerprint density at radius 3 is 2.68 bits per heavy atom. The summed E-state index contributed by atoms with van der Waals surface area (Å²) < 4.78 is 0.